The number of rotatable bonds is 4. The van der Waals surface area contributed by atoms with E-state index in [1.54, 1.807) is 6.92 Å². The highest BCUT2D eigenvalue weighted by atomic mass is 16.2. The van der Waals surface area contributed by atoms with E-state index in [9.17, 15) is 14.9 Å². The molecule has 0 radical (unpaired) electrons. The van der Waals surface area contributed by atoms with Gasteiger partial charge in [-0.25, -0.2) is 5.01 Å². The van der Waals surface area contributed by atoms with Crippen LogP contribution in [0.4, 0.5) is 0 Å². The highest BCUT2D eigenvalue weighted by Crippen LogP contribution is 2.34. The van der Waals surface area contributed by atoms with Crippen LogP contribution in [-0.4, -0.2) is 34.3 Å². The van der Waals surface area contributed by atoms with Crippen LogP contribution in [0.2, 0.25) is 0 Å². The van der Waals surface area contributed by atoms with Crippen LogP contribution < -0.4 is 5.43 Å². The number of hydrogen-bond donors (Lipinski definition) is 1. The van der Waals surface area contributed by atoms with Crippen molar-refractivity contribution in [3.8, 4) is 6.07 Å². The fourth-order valence-corrected chi connectivity index (χ4v) is 3.17. The molecule has 2 aliphatic carbocycles. The third-order valence-corrected chi connectivity index (χ3v) is 4.72. The van der Waals surface area contributed by atoms with Crippen LogP contribution in [0.1, 0.15) is 45.4 Å². The number of nitrogens with one attached hydrogen (secondary N) is 1. The Kier molecular flexibility index (Phi) is 4.43. The molecule has 6 nitrogen and oxygen atoms in total. The Morgan fingerprint density at radius 1 is 1.50 bits per heavy atom. The summed E-state index contributed by atoms with van der Waals surface area (Å²) in [5.74, 6) is -0.569. The van der Waals surface area contributed by atoms with Crippen molar-refractivity contribution in [2.24, 2.45) is 0 Å². The summed E-state index contributed by atoms with van der Waals surface area (Å²) in [6.45, 7) is 5.40. The maximum Gasteiger partial charge on any atom is 0.283 e. The molecule has 1 heterocycles. The van der Waals surface area contributed by atoms with Gasteiger partial charge in [0.1, 0.15) is 18.2 Å². The van der Waals surface area contributed by atoms with Gasteiger partial charge in [-0.15, -0.1) is 0 Å². The zero-order chi connectivity index (χ0) is 17.3. The molecule has 0 aromatic rings. The minimum atomic E-state index is -0.468. The zero-order valence-electron chi connectivity index (χ0n) is 14.0. The van der Waals surface area contributed by atoms with Crippen molar-refractivity contribution >= 4 is 11.8 Å². The van der Waals surface area contributed by atoms with Gasteiger partial charge in [-0.2, -0.15) is 5.26 Å². The quantitative estimate of drug-likeness (QED) is 0.858. The second-order valence-corrected chi connectivity index (χ2v) is 6.53. The normalized spacial score (nSPS) is 21.2. The summed E-state index contributed by atoms with van der Waals surface area (Å²) in [6, 6.07) is 2.18. The largest absolute Gasteiger partial charge is 0.312 e. The predicted octanol–water partition coefficient (Wildman–Crippen LogP) is 2.14. The first-order chi connectivity index (χ1) is 11.5. The fraction of sp³-hybridized carbons (Fsp3) is 0.500. The smallest absolute Gasteiger partial charge is 0.283 e. The highest BCUT2D eigenvalue weighted by molar-refractivity contribution is 6.01. The first-order valence-corrected chi connectivity index (χ1v) is 8.42. The third kappa shape index (κ3) is 3.07. The Labute approximate surface area is 142 Å². The van der Waals surface area contributed by atoms with E-state index in [2.05, 4.69) is 18.1 Å². The Hall–Kier alpha value is -2.55. The van der Waals surface area contributed by atoms with Gasteiger partial charge in [0.05, 0.1) is 5.70 Å². The minimum Gasteiger partial charge on any atom is -0.312 e. The third-order valence-electron chi connectivity index (χ3n) is 4.72. The average molecular weight is 326 g/mol. The zero-order valence-corrected chi connectivity index (χ0v) is 14.0. The number of allylic oxidation sites excluding steroid dienone is 3. The van der Waals surface area contributed by atoms with Crippen molar-refractivity contribution in [3.05, 3.63) is 35.2 Å². The van der Waals surface area contributed by atoms with Crippen molar-refractivity contribution in [2.45, 2.75) is 51.5 Å². The Balaban J connectivity index is 1.76. The van der Waals surface area contributed by atoms with Crippen molar-refractivity contribution in [2.75, 3.05) is 6.54 Å². The molecule has 1 saturated carbocycles. The molecule has 1 fully saturated rings. The van der Waals surface area contributed by atoms with Gasteiger partial charge < -0.3 is 4.90 Å². The maximum atomic E-state index is 12.8. The van der Waals surface area contributed by atoms with Crippen LogP contribution in [0.15, 0.2) is 35.2 Å². The van der Waals surface area contributed by atoms with Crippen LogP contribution in [0.3, 0.4) is 0 Å². The minimum absolute atomic E-state index is 0.0430. The summed E-state index contributed by atoms with van der Waals surface area (Å²) in [7, 11) is 0. The molecule has 0 aromatic carbocycles. The summed E-state index contributed by atoms with van der Waals surface area (Å²) < 4.78 is 0. The molecule has 0 bridgehead atoms. The van der Waals surface area contributed by atoms with E-state index in [0.717, 1.165) is 44.2 Å². The van der Waals surface area contributed by atoms with Crippen molar-refractivity contribution in [1.82, 2.24) is 15.3 Å². The van der Waals surface area contributed by atoms with Crippen LogP contribution in [-0.2, 0) is 9.59 Å². The molecule has 6 heteroatoms. The van der Waals surface area contributed by atoms with Gasteiger partial charge in [-0.1, -0.05) is 12.7 Å². The maximum absolute atomic E-state index is 12.8. The predicted molar refractivity (Wildman–Crippen MR) is 88.7 cm³/mol. The number of nitrogens with zero attached hydrogens (tertiary/aromatic N) is 3. The first kappa shape index (κ1) is 16.3. The van der Waals surface area contributed by atoms with E-state index in [1.165, 1.54) is 5.01 Å². The summed E-state index contributed by atoms with van der Waals surface area (Å²) in [5, 5.41) is 10.4. The van der Waals surface area contributed by atoms with Crippen molar-refractivity contribution < 1.29 is 9.59 Å². The van der Waals surface area contributed by atoms with E-state index < -0.39 is 5.91 Å². The number of carbonyl (C=O) groups is 2. The van der Waals surface area contributed by atoms with Gasteiger partial charge in [0.15, 0.2) is 0 Å². The monoisotopic (exact) mass is 326 g/mol. The molecule has 0 saturated heterocycles. The van der Waals surface area contributed by atoms with Gasteiger partial charge in [-0.3, -0.25) is 15.0 Å². The van der Waals surface area contributed by atoms with Crippen LogP contribution in [0, 0.1) is 11.3 Å². The lowest BCUT2D eigenvalue weighted by Crippen LogP contribution is -2.52. The van der Waals surface area contributed by atoms with Crippen molar-refractivity contribution in [1.29, 1.82) is 5.26 Å². The highest BCUT2D eigenvalue weighted by Gasteiger charge is 2.37. The van der Waals surface area contributed by atoms with E-state index in [-0.39, 0.29) is 24.1 Å². The molecule has 0 atom stereocenters. The van der Waals surface area contributed by atoms with Gasteiger partial charge in [0.2, 0.25) is 5.91 Å². The standard InChI is InChI=1S/C18H22N4O2/c1-12-13(2)20-21(18(24)16(12)10-19)11-17(23)22(15-8-9-15)14-6-4-3-5-7-14/h6,15,20H,2-5,7-9,11H2,1H3. The van der Waals surface area contributed by atoms with E-state index in [1.807, 2.05) is 11.0 Å². The molecule has 0 spiro atoms. The molecule has 1 N–H and O–H groups in total. The van der Waals surface area contributed by atoms with Gasteiger partial charge in [-0.05, 0) is 51.0 Å². The van der Waals surface area contributed by atoms with Crippen LogP contribution >= 0.6 is 0 Å². The Morgan fingerprint density at radius 3 is 2.83 bits per heavy atom. The molecule has 0 unspecified atom stereocenters. The van der Waals surface area contributed by atoms with Gasteiger partial charge in [0, 0.05) is 11.7 Å². The lowest BCUT2D eigenvalue weighted by Gasteiger charge is -2.33. The number of hydrogen-bond acceptors (Lipinski definition) is 4. The first-order valence-electron chi connectivity index (χ1n) is 8.42. The Morgan fingerprint density at radius 2 is 2.25 bits per heavy atom. The molecule has 3 aliphatic rings. The van der Waals surface area contributed by atoms with Gasteiger partial charge >= 0.3 is 0 Å². The lowest BCUT2D eigenvalue weighted by atomic mass is 10.0. The molecule has 24 heavy (non-hydrogen) atoms. The van der Waals surface area contributed by atoms with E-state index in [0.29, 0.717) is 11.3 Å². The van der Waals surface area contributed by atoms with Crippen molar-refractivity contribution in [3.63, 3.8) is 0 Å². The second kappa shape index (κ2) is 6.52. The van der Waals surface area contributed by atoms with Crippen LogP contribution in [0.5, 0.6) is 0 Å². The number of carbonyl (C=O) groups excluding carboxylic acids is 2. The topological polar surface area (TPSA) is 76.4 Å². The average Bonchev–Trinajstić information content (AvgIpc) is 3.39. The summed E-state index contributed by atoms with van der Waals surface area (Å²) in [5.41, 5.74) is 4.98. The Bertz CT molecular complexity index is 694. The fourth-order valence-electron chi connectivity index (χ4n) is 3.17. The van der Waals surface area contributed by atoms with Gasteiger partial charge in [0.25, 0.3) is 5.91 Å². The molecule has 3 rings (SSSR count). The SMILES string of the molecule is C=C1NN(CC(=O)N(C2=CCCCC2)C2CC2)C(=O)C(C#N)=C1C. The molecule has 0 aromatic heterocycles. The van der Waals surface area contributed by atoms with E-state index in [4.69, 9.17) is 0 Å². The molecule has 1 aliphatic heterocycles. The lowest BCUT2D eigenvalue weighted by molar-refractivity contribution is -0.140. The summed E-state index contributed by atoms with van der Waals surface area (Å²) >= 11 is 0. The number of nitriles is 1. The molecule has 2 amide bonds. The summed E-state index contributed by atoms with van der Waals surface area (Å²) in [4.78, 5) is 27.1. The number of amides is 2. The molecular weight excluding hydrogens is 304 g/mol. The summed E-state index contributed by atoms with van der Waals surface area (Å²) in [6.07, 6.45) is 8.36. The molecular formula is C18H22N4O2. The molecule has 126 valence electrons. The van der Waals surface area contributed by atoms with Crippen LogP contribution in [0.25, 0.3) is 0 Å². The number of hydrazine groups is 1. The van der Waals surface area contributed by atoms with E-state index >= 15 is 0 Å². The second-order valence-electron chi connectivity index (χ2n) is 6.53.